The maximum absolute atomic E-state index is 12.7. The summed E-state index contributed by atoms with van der Waals surface area (Å²) in [5.74, 6) is -0.302. The fourth-order valence-electron chi connectivity index (χ4n) is 3.51. The fraction of sp³-hybridized carbons (Fsp3) is 0.0769. The molecule has 2 amide bonds. The van der Waals surface area contributed by atoms with Gasteiger partial charge in [-0.3, -0.25) is 9.59 Å². The molecule has 0 saturated carbocycles. The van der Waals surface area contributed by atoms with E-state index in [1.165, 1.54) is 0 Å². The van der Waals surface area contributed by atoms with Crippen LogP contribution in [0, 0.1) is 0 Å². The molecule has 4 aromatic rings. The van der Waals surface area contributed by atoms with E-state index < -0.39 is 0 Å². The van der Waals surface area contributed by atoms with Gasteiger partial charge in [0, 0.05) is 15.4 Å². The molecule has 0 unspecified atom stereocenters. The first kappa shape index (κ1) is 21.9. The van der Waals surface area contributed by atoms with Crippen molar-refractivity contribution in [3.63, 3.8) is 0 Å². The van der Waals surface area contributed by atoms with Crippen LogP contribution in [0.1, 0.15) is 11.1 Å². The van der Waals surface area contributed by atoms with E-state index in [1.54, 1.807) is 24.3 Å². The predicted octanol–water partition coefficient (Wildman–Crippen LogP) is 6.51. The van der Waals surface area contributed by atoms with Crippen molar-refractivity contribution in [2.75, 3.05) is 10.6 Å². The van der Waals surface area contributed by atoms with Crippen LogP contribution in [0.2, 0.25) is 10.0 Å². The molecule has 6 heteroatoms. The van der Waals surface area contributed by atoms with E-state index in [9.17, 15) is 9.59 Å². The van der Waals surface area contributed by atoms with Crippen molar-refractivity contribution in [1.82, 2.24) is 0 Å². The Hall–Kier alpha value is -3.34. The normalized spacial score (nSPS) is 10.7. The van der Waals surface area contributed by atoms with Crippen molar-refractivity contribution in [3.8, 4) is 0 Å². The second kappa shape index (κ2) is 9.86. The quantitative estimate of drug-likeness (QED) is 0.343. The zero-order chi connectivity index (χ0) is 22.5. The molecule has 0 radical (unpaired) electrons. The lowest BCUT2D eigenvalue weighted by Gasteiger charge is -2.14. The zero-order valence-corrected chi connectivity index (χ0v) is 18.6. The summed E-state index contributed by atoms with van der Waals surface area (Å²) in [5, 5.41) is 8.91. The van der Waals surface area contributed by atoms with Gasteiger partial charge < -0.3 is 10.6 Å². The highest BCUT2D eigenvalue weighted by molar-refractivity contribution is 6.30. The number of rotatable bonds is 6. The predicted molar refractivity (Wildman–Crippen MR) is 132 cm³/mol. The summed E-state index contributed by atoms with van der Waals surface area (Å²) in [6.45, 7) is 0. The summed E-state index contributed by atoms with van der Waals surface area (Å²) in [6.07, 6.45) is 0.442. The molecular weight excluding hydrogens is 443 g/mol. The topological polar surface area (TPSA) is 58.2 Å². The number of anilines is 2. The molecule has 0 aliphatic rings. The van der Waals surface area contributed by atoms with E-state index in [0.717, 1.165) is 21.9 Å². The minimum Gasteiger partial charge on any atom is -0.325 e. The standard InChI is InChI=1S/C26H20Cl2N2O2/c27-20-11-7-17(8-12-20)15-24(31)29-22-5-1-3-19-4-2-6-23(26(19)22)30-25(32)16-18-9-13-21(28)14-10-18/h1-14H,15-16H2,(H,29,31)(H,30,32). The first-order chi connectivity index (χ1) is 15.5. The third-order valence-corrected chi connectivity index (χ3v) is 5.51. The molecule has 0 spiro atoms. The summed E-state index contributed by atoms with van der Waals surface area (Å²) < 4.78 is 0. The average Bonchev–Trinajstić information content (AvgIpc) is 2.77. The largest absolute Gasteiger partial charge is 0.325 e. The minimum atomic E-state index is -0.151. The Morgan fingerprint density at radius 1 is 0.594 bits per heavy atom. The van der Waals surface area contributed by atoms with Crippen LogP contribution in [0.3, 0.4) is 0 Å². The highest BCUT2D eigenvalue weighted by Gasteiger charge is 2.12. The molecule has 0 heterocycles. The highest BCUT2D eigenvalue weighted by atomic mass is 35.5. The average molecular weight is 463 g/mol. The van der Waals surface area contributed by atoms with Gasteiger partial charge in [0.2, 0.25) is 11.8 Å². The number of fused-ring (bicyclic) bond motifs is 1. The summed E-state index contributed by atoms with van der Waals surface area (Å²) >= 11 is 11.8. The molecule has 2 N–H and O–H groups in total. The fourth-order valence-corrected chi connectivity index (χ4v) is 3.77. The van der Waals surface area contributed by atoms with Crippen molar-refractivity contribution in [3.05, 3.63) is 106 Å². The van der Waals surface area contributed by atoms with Gasteiger partial charge in [0.05, 0.1) is 24.2 Å². The van der Waals surface area contributed by atoms with Gasteiger partial charge in [-0.2, -0.15) is 0 Å². The molecule has 0 aromatic heterocycles. The SMILES string of the molecule is O=C(Cc1ccc(Cl)cc1)Nc1cccc2cccc(NC(=O)Cc3ccc(Cl)cc3)c12. The number of halogens is 2. The number of carbonyl (C=O) groups excluding carboxylic acids is 2. The molecule has 4 nitrogen and oxygen atoms in total. The summed E-state index contributed by atoms with van der Waals surface area (Å²) in [4.78, 5) is 25.3. The summed E-state index contributed by atoms with van der Waals surface area (Å²) in [6, 6.07) is 25.6. The second-order valence-electron chi connectivity index (χ2n) is 7.41. The van der Waals surface area contributed by atoms with E-state index >= 15 is 0 Å². The molecule has 32 heavy (non-hydrogen) atoms. The van der Waals surface area contributed by atoms with Gasteiger partial charge in [0.1, 0.15) is 0 Å². The Bertz CT molecular complexity index is 1170. The van der Waals surface area contributed by atoms with Gasteiger partial charge in [0.15, 0.2) is 0 Å². The Labute approximate surface area is 196 Å². The molecule has 160 valence electrons. The van der Waals surface area contributed by atoms with Crippen molar-refractivity contribution >= 4 is 57.2 Å². The van der Waals surface area contributed by atoms with E-state index in [1.807, 2.05) is 60.7 Å². The maximum Gasteiger partial charge on any atom is 0.228 e. The van der Waals surface area contributed by atoms with E-state index in [2.05, 4.69) is 10.6 Å². The molecule has 4 aromatic carbocycles. The van der Waals surface area contributed by atoms with Crippen LogP contribution in [-0.2, 0) is 22.4 Å². The van der Waals surface area contributed by atoms with Crippen molar-refractivity contribution in [2.45, 2.75) is 12.8 Å². The number of amides is 2. The number of nitrogens with one attached hydrogen (secondary N) is 2. The number of hydrogen-bond acceptors (Lipinski definition) is 2. The molecule has 0 fully saturated rings. The van der Waals surface area contributed by atoms with E-state index in [4.69, 9.17) is 23.2 Å². The lowest BCUT2D eigenvalue weighted by molar-refractivity contribution is -0.116. The van der Waals surface area contributed by atoms with Crippen LogP contribution in [0.5, 0.6) is 0 Å². The van der Waals surface area contributed by atoms with E-state index in [-0.39, 0.29) is 24.7 Å². The van der Waals surface area contributed by atoms with Crippen molar-refractivity contribution in [1.29, 1.82) is 0 Å². The molecule has 0 atom stereocenters. The first-order valence-electron chi connectivity index (χ1n) is 10.1. The smallest absolute Gasteiger partial charge is 0.228 e. The number of benzene rings is 4. The van der Waals surface area contributed by atoms with Gasteiger partial charge in [-0.05, 0) is 52.9 Å². The van der Waals surface area contributed by atoms with Crippen LogP contribution in [0.15, 0.2) is 84.9 Å². The Kier molecular flexibility index (Phi) is 6.74. The first-order valence-corrected chi connectivity index (χ1v) is 10.8. The molecule has 0 aliphatic heterocycles. The van der Waals surface area contributed by atoms with Crippen molar-refractivity contribution < 1.29 is 9.59 Å². The lowest BCUT2D eigenvalue weighted by atomic mass is 10.1. The molecule has 4 rings (SSSR count). The number of hydrogen-bond donors (Lipinski definition) is 2. The Balaban J connectivity index is 1.54. The van der Waals surface area contributed by atoms with Gasteiger partial charge in [0.25, 0.3) is 0 Å². The molecule has 0 saturated heterocycles. The highest BCUT2D eigenvalue weighted by Crippen LogP contribution is 2.31. The number of carbonyl (C=O) groups is 2. The zero-order valence-electron chi connectivity index (χ0n) is 17.1. The van der Waals surface area contributed by atoms with Crippen LogP contribution in [0.4, 0.5) is 11.4 Å². The van der Waals surface area contributed by atoms with E-state index in [0.29, 0.717) is 21.4 Å². The molecular formula is C26H20Cl2N2O2. The van der Waals surface area contributed by atoms with Crippen LogP contribution in [0.25, 0.3) is 10.8 Å². The Morgan fingerprint density at radius 3 is 1.41 bits per heavy atom. The third-order valence-electron chi connectivity index (χ3n) is 5.01. The van der Waals surface area contributed by atoms with Crippen LogP contribution >= 0.6 is 23.2 Å². The van der Waals surface area contributed by atoms with Crippen LogP contribution < -0.4 is 10.6 Å². The van der Waals surface area contributed by atoms with Gasteiger partial charge in [-0.1, -0.05) is 71.7 Å². The molecule has 0 bridgehead atoms. The lowest BCUT2D eigenvalue weighted by Crippen LogP contribution is -2.17. The third kappa shape index (κ3) is 5.47. The minimum absolute atomic E-state index is 0.151. The maximum atomic E-state index is 12.7. The Morgan fingerprint density at radius 2 is 1.00 bits per heavy atom. The summed E-state index contributed by atoms with van der Waals surface area (Å²) in [5.41, 5.74) is 3.01. The van der Waals surface area contributed by atoms with Gasteiger partial charge in [-0.15, -0.1) is 0 Å². The summed E-state index contributed by atoms with van der Waals surface area (Å²) in [7, 11) is 0. The van der Waals surface area contributed by atoms with Crippen molar-refractivity contribution in [2.24, 2.45) is 0 Å². The molecule has 0 aliphatic carbocycles. The van der Waals surface area contributed by atoms with Gasteiger partial charge in [-0.25, -0.2) is 0 Å². The van der Waals surface area contributed by atoms with Crippen LogP contribution in [-0.4, -0.2) is 11.8 Å². The monoisotopic (exact) mass is 462 g/mol. The van der Waals surface area contributed by atoms with Gasteiger partial charge >= 0.3 is 0 Å². The second-order valence-corrected chi connectivity index (χ2v) is 8.28.